The maximum atomic E-state index is 5.83. The van der Waals surface area contributed by atoms with E-state index in [1.807, 2.05) is 24.3 Å². The number of hydrazine groups is 1. The molecule has 1 aliphatic rings. The Balaban J connectivity index is 0.00000112. The average molecular weight is 248 g/mol. The standard InChI is InChI=1S/C10H14ClN3.ClH/c11-9-3-1-7(2-4-9)10-8(5-12)6-13-14-10;/h1-4,8,10,13-14H,5-6,12H2;1H. The molecule has 1 aliphatic heterocycles. The summed E-state index contributed by atoms with van der Waals surface area (Å²) in [5.41, 5.74) is 13.3. The summed E-state index contributed by atoms with van der Waals surface area (Å²) in [6, 6.07) is 8.19. The Morgan fingerprint density at radius 3 is 2.60 bits per heavy atom. The molecule has 0 aromatic heterocycles. The van der Waals surface area contributed by atoms with Crippen LogP contribution in [0.3, 0.4) is 0 Å². The normalized spacial score (nSPS) is 24.9. The van der Waals surface area contributed by atoms with Crippen LogP contribution >= 0.6 is 24.0 Å². The fourth-order valence-electron chi connectivity index (χ4n) is 1.78. The lowest BCUT2D eigenvalue weighted by molar-refractivity contribution is 0.483. The summed E-state index contributed by atoms with van der Waals surface area (Å²) in [6.45, 7) is 1.61. The minimum Gasteiger partial charge on any atom is -0.330 e. The van der Waals surface area contributed by atoms with Gasteiger partial charge < -0.3 is 5.73 Å². The van der Waals surface area contributed by atoms with Crippen molar-refractivity contribution in [3.8, 4) is 0 Å². The summed E-state index contributed by atoms with van der Waals surface area (Å²) >= 11 is 5.83. The summed E-state index contributed by atoms with van der Waals surface area (Å²) in [5.74, 6) is 0.455. The second kappa shape index (κ2) is 5.68. The number of nitrogens with two attached hydrogens (primary N) is 1. The van der Waals surface area contributed by atoms with Gasteiger partial charge in [0.15, 0.2) is 0 Å². The van der Waals surface area contributed by atoms with Crippen LogP contribution in [0.15, 0.2) is 24.3 Å². The predicted octanol–water partition coefficient (Wildman–Crippen LogP) is 1.49. The van der Waals surface area contributed by atoms with E-state index in [1.165, 1.54) is 5.56 Å². The zero-order valence-corrected chi connectivity index (χ0v) is 9.81. The topological polar surface area (TPSA) is 50.1 Å². The Morgan fingerprint density at radius 2 is 2.00 bits per heavy atom. The van der Waals surface area contributed by atoms with Gasteiger partial charge in [-0.1, -0.05) is 23.7 Å². The van der Waals surface area contributed by atoms with Crippen LogP contribution in [0.1, 0.15) is 11.6 Å². The van der Waals surface area contributed by atoms with Crippen LogP contribution in [0, 0.1) is 5.92 Å². The fraction of sp³-hybridized carbons (Fsp3) is 0.400. The molecule has 2 unspecified atom stereocenters. The Bertz CT molecular complexity index is 302. The molecule has 2 rings (SSSR count). The van der Waals surface area contributed by atoms with E-state index < -0.39 is 0 Å². The van der Waals surface area contributed by atoms with Gasteiger partial charge in [0.05, 0.1) is 6.04 Å². The van der Waals surface area contributed by atoms with Crippen molar-refractivity contribution in [2.45, 2.75) is 6.04 Å². The minimum absolute atomic E-state index is 0. The molecule has 0 saturated carbocycles. The van der Waals surface area contributed by atoms with E-state index in [1.54, 1.807) is 0 Å². The first-order chi connectivity index (χ1) is 6.81. The van der Waals surface area contributed by atoms with E-state index in [4.69, 9.17) is 17.3 Å². The molecule has 0 spiro atoms. The van der Waals surface area contributed by atoms with Gasteiger partial charge in [0, 0.05) is 17.5 Å². The van der Waals surface area contributed by atoms with Crippen LogP contribution in [-0.4, -0.2) is 13.1 Å². The number of halogens is 2. The zero-order chi connectivity index (χ0) is 9.97. The van der Waals surface area contributed by atoms with Crippen molar-refractivity contribution in [1.29, 1.82) is 0 Å². The average Bonchev–Trinajstić information content (AvgIpc) is 2.67. The Hall–Kier alpha value is -0.320. The molecule has 1 saturated heterocycles. The summed E-state index contributed by atoms with van der Waals surface area (Å²) in [6.07, 6.45) is 0. The van der Waals surface area contributed by atoms with Crippen molar-refractivity contribution in [2.24, 2.45) is 11.7 Å². The molecule has 0 aliphatic carbocycles. The van der Waals surface area contributed by atoms with Crippen LogP contribution in [0.5, 0.6) is 0 Å². The van der Waals surface area contributed by atoms with Gasteiger partial charge in [0.25, 0.3) is 0 Å². The predicted molar refractivity (Wildman–Crippen MR) is 65.1 cm³/mol. The van der Waals surface area contributed by atoms with Crippen molar-refractivity contribution in [3.63, 3.8) is 0 Å². The molecule has 5 heteroatoms. The van der Waals surface area contributed by atoms with E-state index in [0.717, 1.165) is 11.6 Å². The molecule has 1 fully saturated rings. The van der Waals surface area contributed by atoms with E-state index in [2.05, 4.69) is 10.9 Å². The Labute approximate surface area is 101 Å². The number of rotatable bonds is 2. The van der Waals surface area contributed by atoms with Crippen LogP contribution in [-0.2, 0) is 0 Å². The summed E-state index contributed by atoms with van der Waals surface area (Å²) in [5, 5.41) is 0.768. The van der Waals surface area contributed by atoms with Crippen molar-refractivity contribution in [1.82, 2.24) is 10.9 Å². The molecule has 0 radical (unpaired) electrons. The molecule has 2 atom stereocenters. The van der Waals surface area contributed by atoms with Crippen molar-refractivity contribution < 1.29 is 0 Å². The maximum absolute atomic E-state index is 5.83. The number of nitrogens with one attached hydrogen (secondary N) is 2. The van der Waals surface area contributed by atoms with Gasteiger partial charge in [-0.05, 0) is 24.2 Å². The van der Waals surface area contributed by atoms with Crippen molar-refractivity contribution in [3.05, 3.63) is 34.9 Å². The number of hydrogen-bond acceptors (Lipinski definition) is 3. The first kappa shape index (κ1) is 12.7. The Kier molecular flexibility index (Phi) is 4.83. The van der Waals surface area contributed by atoms with Gasteiger partial charge in [-0.15, -0.1) is 12.4 Å². The van der Waals surface area contributed by atoms with E-state index in [-0.39, 0.29) is 12.4 Å². The third-order valence-electron chi connectivity index (χ3n) is 2.63. The van der Waals surface area contributed by atoms with Gasteiger partial charge >= 0.3 is 0 Å². The van der Waals surface area contributed by atoms with Crippen LogP contribution in [0.2, 0.25) is 5.02 Å². The highest BCUT2D eigenvalue weighted by Crippen LogP contribution is 2.24. The first-order valence-electron chi connectivity index (χ1n) is 4.75. The Morgan fingerprint density at radius 1 is 1.33 bits per heavy atom. The van der Waals surface area contributed by atoms with Crippen LogP contribution < -0.4 is 16.6 Å². The summed E-state index contributed by atoms with van der Waals surface area (Å²) in [4.78, 5) is 0. The smallest absolute Gasteiger partial charge is 0.0515 e. The maximum Gasteiger partial charge on any atom is 0.0515 e. The lowest BCUT2D eigenvalue weighted by Crippen LogP contribution is -2.26. The molecule has 0 bridgehead atoms. The highest BCUT2D eigenvalue weighted by Gasteiger charge is 2.26. The molecule has 1 aromatic rings. The third kappa shape index (κ3) is 2.83. The highest BCUT2D eigenvalue weighted by molar-refractivity contribution is 6.30. The molecule has 15 heavy (non-hydrogen) atoms. The van der Waals surface area contributed by atoms with Gasteiger partial charge in [-0.25, -0.2) is 5.43 Å². The largest absolute Gasteiger partial charge is 0.330 e. The lowest BCUT2D eigenvalue weighted by atomic mass is 9.95. The van der Waals surface area contributed by atoms with Crippen molar-refractivity contribution >= 4 is 24.0 Å². The second-order valence-electron chi connectivity index (χ2n) is 3.55. The zero-order valence-electron chi connectivity index (χ0n) is 8.24. The molecule has 1 aromatic carbocycles. The lowest BCUT2D eigenvalue weighted by Gasteiger charge is -2.16. The molecular formula is C10H15Cl2N3. The minimum atomic E-state index is 0. The first-order valence-corrected chi connectivity index (χ1v) is 5.13. The number of benzene rings is 1. The summed E-state index contributed by atoms with van der Waals surface area (Å²) in [7, 11) is 0. The monoisotopic (exact) mass is 247 g/mol. The molecule has 84 valence electrons. The van der Waals surface area contributed by atoms with Crippen LogP contribution in [0.25, 0.3) is 0 Å². The molecule has 1 heterocycles. The van der Waals surface area contributed by atoms with Crippen LogP contribution in [0.4, 0.5) is 0 Å². The van der Waals surface area contributed by atoms with E-state index in [0.29, 0.717) is 18.5 Å². The van der Waals surface area contributed by atoms with Gasteiger partial charge in [-0.3, -0.25) is 5.43 Å². The molecule has 3 nitrogen and oxygen atoms in total. The third-order valence-corrected chi connectivity index (χ3v) is 2.88. The number of hydrogen-bond donors (Lipinski definition) is 3. The summed E-state index contributed by atoms with van der Waals surface area (Å²) < 4.78 is 0. The van der Waals surface area contributed by atoms with E-state index in [9.17, 15) is 0 Å². The van der Waals surface area contributed by atoms with Gasteiger partial charge in [0.1, 0.15) is 0 Å². The van der Waals surface area contributed by atoms with Gasteiger partial charge in [-0.2, -0.15) is 0 Å². The molecule has 4 N–H and O–H groups in total. The SMILES string of the molecule is Cl.NCC1CNNC1c1ccc(Cl)cc1. The van der Waals surface area contributed by atoms with Gasteiger partial charge in [0.2, 0.25) is 0 Å². The molecule has 0 amide bonds. The van der Waals surface area contributed by atoms with Crippen molar-refractivity contribution in [2.75, 3.05) is 13.1 Å². The highest BCUT2D eigenvalue weighted by atomic mass is 35.5. The fourth-order valence-corrected chi connectivity index (χ4v) is 1.91. The quantitative estimate of drug-likeness (QED) is 0.743. The van der Waals surface area contributed by atoms with E-state index >= 15 is 0 Å². The second-order valence-corrected chi connectivity index (χ2v) is 3.99. The molecular weight excluding hydrogens is 233 g/mol.